The van der Waals surface area contributed by atoms with E-state index in [-0.39, 0.29) is 0 Å². The van der Waals surface area contributed by atoms with Gasteiger partial charge in [-0.1, -0.05) is 62.4 Å². The zero-order valence-electron chi connectivity index (χ0n) is 16.8. The Morgan fingerprint density at radius 2 is 1.31 bits per heavy atom. The van der Waals surface area contributed by atoms with Gasteiger partial charge in [-0.3, -0.25) is 0 Å². The quantitative estimate of drug-likeness (QED) is 0.228. The van der Waals surface area contributed by atoms with Crippen LogP contribution >= 0.6 is 20.8 Å². The molecule has 0 aromatic heterocycles. The first-order valence-corrected chi connectivity index (χ1v) is 13.6. The molecule has 0 fully saturated rings. The molecule has 9 heteroatoms. The fourth-order valence-electron chi connectivity index (χ4n) is 2.83. The number of carbonyl (C=O) groups excluding carboxylic acids is 1. The standard InChI is InChI=1S/C16H36N.CHN3O2S3/c1-5-9-13-17(14-10-6-2,15-11-7-3)16-12-8-4;5-1(6)9-4-2-3-7-8-9/h5-16H2,1-4H3;(H,5,6)/q+1;/p-1. The highest BCUT2D eigenvalue weighted by Gasteiger charge is 2.24. The van der Waals surface area contributed by atoms with Gasteiger partial charge in [0, 0.05) is 19.5 Å². The average Bonchev–Trinajstić information content (AvgIpc) is 2.68. The van der Waals surface area contributed by atoms with E-state index in [9.17, 15) is 9.90 Å². The smallest absolute Gasteiger partial charge is 0.123 e. The van der Waals surface area contributed by atoms with E-state index < -0.39 is 15.0 Å². The zero-order chi connectivity index (χ0) is 19.7. The van der Waals surface area contributed by atoms with E-state index in [1.165, 1.54) is 82.0 Å². The van der Waals surface area contributed by atoms with Crippen LogP contribution in [0.4, 0.5) is 4.79 Å². The summed E-state index contributed by atoms with van der Waals surface area (Å²) in [5.41, 5.74) is 0. The van der Waals surface area contributed by atoms with E-state index >= 15 is 0 Å². The van der Waals surface area contributed by atoms with Crippen molar-refractivity contribution in [3.63, 3.8) is 0 Å². The molecule has 0 saturated carbocycles. The Hall–Kier alpha value is -0.120. The second-order valence-corrected chi connectivity index (χ2v) is 11.0. The summed E-state index contributed by atoms with van der Waals surface area (Å²) in [6.07, 6.45) is 11.1. The van der Waals surface area contributed by atoms with Crippen LogP contribution in [0.5, 0.6) is 0 Å². The first-order chi connectivity index (χ1) is 12.5. The molecule has 26 heavy (non-hydrogen) atoms. The predicted octanol–water partition coefficient (Wildman–Crippen LogP) is 5.73. The second-order valence-electron chi connectivity index (χ2n) is 6.54. The summed E-state index contributed by atoms with van der Waals surface area (Å²) in [6, 6.07) is 0. The minimum absolute atomic E-state index is 1.00. The van der Waals surface area contributed by atoms with Crippen molar-refractivity contribution in [2.45, 2.75) is 79.1 Å². The van der Waals surface area contributed by atoms with Gasteiger partial charge in [-0.2, -0.15) is 0 Å². The van der Waals surface area contributed by atoms with E-state index in [0.717, 1.165) is 20.8 Å². The largest absolute Gasteiger partial charge is 0.537 e. The molecular weight excluding hydrogens is 388 g/mol. The monoisotopic (exact) mass is 424 g/mol. The summed E-state index contributed by atoms with van der Waals surface area (Å²) in [5, 5.41) is 12.0. The molecule has 0 aromatic rings. The fourth-order valence-corrected chi connectivity index (χ4v) is 5.47. The van der Waals surface area contributed by atoms with Crippen LogP contribution in [0.25, 0.3) is 0 Å². The van der Waals surface area contributed by atoms with Crippen molar-refractivity contribution < 1.29 is 14.4 Å². The van der Waals surface area contributed by atoms with E-state index in [1.54, 1.807) is 0 Å². The molecule has 0 aliphatic carbocycles. The van der Waals surface area contributed by atoms with Crippen LogP contribution in [-0.2, 0) is 9.72 Å². The normalized spacial score (nSPS) is 16.5. The van der Waals surface area contributed by atoms with Gasteiger partial charge in [0.15, 0.2) is 0 Å². The minimum Gasteiger partial charge on any atom is -0.537 e. The summed E-state index contributed by atoms with van der Waals surface area (Å²) < 4.78 is 8.08. The van der Waals surface area contributed by atoms with Crippen LogP contribution in [-0.4, -0.2) is 36.0 Å². The van der Waals surface area contributed by atoms with Gasteiger partial charge >= 0.3 is 0 Å². The summed E-state index contributed by atoms with van der Waals surface area (Å²) in [5.74, 6) is 0. The van der Waals surface area contributed by atoms with Crippen LogP contribution < -0.4 is 5.11 Å². The number of hydrogen-bond donors (Lipinski definition) is 0. The molecule has 1 atom stereocenters. The summed E-state index contributed by atoms with van der Waals surface area (Å²) in [7, 11) is 0.884. The molecule has 0 saturated heterocycles. The molecule has 1 heterocycles. The number of carboxylic acid groups (broad SMARTS) is 1. The maximum atomic E-state index is 10.0. The van der Waals surface area contributed by atoms with E-state index in [0.29, 0.717) is 0 Å². The highest BCUT2D eigenvalue weighted by molar-refractivity contribution is 9.07. The summed E-state index contributed by atoms with van der Waals surface area (Å²) in [6.45, 7) is 15.0. The van der Waals surface area contributed by atoms with Gasteiger partial charge in [-0.15, -0.1) is 0 Å². The van der Waals surface area contributed by atoms with Gasteiger partial charge in [-0.05, 0) is 30.9 Å². The van der Waals surface area contributed by atoms with Crippen molar-refractivity contribution in [2.75, 3.05) is 26.2 Å². The zero-order valence-corrected chi connectivity index (χ0v) is 19.3. The number of hydrogen-bond acceptors (Lipinski definition) is 7. The number of unbranched alkanes of at least 4 members (excludes halogenated alkanes) is 4. The van der Waals surface area contributed by atoms with Crippen LogP contribution in [0, 0.1) is 0 Å². The van der Waals surface area contributed by atoms with Gasteiger partial charge in [-0.25, -0.2) is 0 Å². The molecule has 1 unspecified atom stereocenters. The lowest BCUT2D eigenvalue weighted by atomic mass is 10.1. The Kier molecular flexibility index (Phi) is 16.9. The topological polar surface area (TPSA) is 77.2 Å². The average molecular weight is 425 g/mol. The molecule has 0 spiro atoms. The van der Waals surface area contributed by atoms with Crippen LogP contribution in [0.15, 0.2) is 14.2 Å². The summed E-state index contributed by atoms with van der Waals surface area (Å²) >= 11 is 0. The van der Waals surface area contributed by atoms with Crippen molar-refractivity contribution in [1.82, 2.24) is 0 Å². The molecule has 0 N–H and O–H groups in total. The van der Waals surface area contributed by atoms with E-state index in [4.69, 9.17) is 0 Å². The molecule has 6 nitrogen and oxygen atoms in total. The van der Waals surface area contributed by atoms with Crippen molar-refractivity contribution in [3.05, 3.63) is 0 Å². The molecule has 0 bridgehead atoms. The van der Waals surface area contributed by atoms with Crippen molar-refractivity contribution in [3.8, 4) is 0 Å². The first-order valence-electron chi connectivity index (χ1n) is 9.80. The SMILES string of the molecule is CCCC[N+](CCCC)(CCCC)CCCC.O=C([O-])S1=NN=NSS1. The number of quaternary nitrogens is 1. The van der Waals surface area contributed by atoms with Crippen LogP contribution in [0.2, 0.25) is 0 Å². The van der Waals surface area contributed by atoms with E-state index in [1.807, 2.05) is 0 Å². The minimum atomic E-state index is -1.20. The lowest BCUT2D eigenvalue weighted by Crippen LogP contribution is -2.50. The van der Waals surface area contributed by atoms with Crippen LogP contribution in [0.3, 0.4) is 0 Å². The molecule has 0 amide bonds. The van der Waals surface area contributed by atoms with Crippen molar-refractivity contribution >= 4 is 35.8 Å². The fraction of sp³-hybridized carbons (Fsp3) is 0.941. The van der Waals surface area contributed by atoms with E-state index in [2.05, 4.69) is 41.9 Å². The Balaban J connectivity index is 0.000000577. The lowest BCUT2D eigenvalue weighted by molar-refractivity contribution is -0.929. The number of carbonyl (C=O) groups is 1. The van der Waals surface area contributed by atoms with Gasteiger partial charge in [0.05, 0.1) is 37.2 Å². The number of nitrogens with zero attached hydrogens (tertiary/aromatic N) is 4. The van der Waals surface area contributed by atoms with Gasteiger partial charge in [0.25, 0.3) is 0 Å². The maximum absolute atomic E-state index is 10.0. The molecule has 1 rings (SSSR count). The predicted molar refractivity (Wildman–Crippen MR) is 115 cm³/mol. The highest BCUT2D eigenvalue weighted by Crippen LogP contribution is 2.31. The first kappa shape index (κ1) is 25.9. The Labute approximate surface area is 169 Å². The third kappa shape index (κ3) is 12.3. The van der Waals surface area contributed by atoms with Crippen molar-refractivity contribution in [1.29, 1.82) is 0 Å². The third-order valence-corrected chi connectivity index (χ3v) is 8.28. The van der Waals surface area contributed by atoms with Crippen LogP contribution in [0.1, 0.15) is 79.1 Å². The highest BCUT2D eigenvalue weighted by atomic mass is 33.5. The molecule has 154 valence electrons. The molecule has 0 radical (unpaired) electrons. The Bertz CT molecular complexity index is 397. The molecule has 0 aromatic carbocycles. The lowest BCUT2D eigenvalue weighted by Gasteiger charge is -2.39. The second kappa shape index (κ2) is 17.0. The maximum Gasteiger partial charge on any atom is 0.123 e. The Morgan fingerprint density at radius 1 is 0.885 bits per heavy atom. The summed E-state index contributed by atoms with van der Waals surface area (Å²) in [4.78, 5) is 10.0. The molecule has 1 aliphatic rings. The molecular formula is C17H36N4O2S3. The number of rotatable bonds is 12. The van der Waals surface area contributed by atoms with Gasteiger partial charge in [0.1, 0.15) is 5.30 Å². The van der Waals surface area contributed by atoms with Crippen molar-refractivity contribution in [2.24, 2.45) is 14.2 Å². The third-order valence-electron chi connectivity index (χ3n) is 4.36. The Morgan fingerprint density at radius 3 is 1.54 bits per heavy atom. The molecule has 1 aliphatic heterocycles. The van der Waals surface area contributed by atoms with Gasteiger partial charge in [0.2, 0.25) is 0 Å². The van der Waals surface area contributed by atoms with Gasteiger partial charge < -0.3 is 14.4 Å².